The van der Waals surface area contributed by atoms with Crippen LogP contribution in [0.3, 0.4) is 0 Å². The number of hydrogen-bond donors (Lipinski definition) is 1. The van der Waals surface area contributed by atoms with Crippen LogP contribution in [0.2, 0.25) is 5.02 Å². The molecule has 0 spiro atoms. The van der Waals surface area contributed by atoms with Crippen LogP contribution in [0.15, 0.2) is 36.4 Å². The SMILES string of the molecule is COc1cc(Cl)c(C)cc1NC(=O)c1ccc(C(C)(C)C)cc1. The van der Waals surface area contributed by atoms with Crippen LogP contribution in [0.25, 0.3) is 0 Å². The van der Waals surface area contributed by atoms with Gasteiger partial charge in [-0.15, -0.1) is 0 Å². The van der Waals surface area contributed by atoms with E-state index in [9.17, 15) is 4.79 Å². The third-order valence-electron chi connectivity index (χ3n) is 3.74. The highest BCUT2D eigenvalue weighted by molar-refractivity contribution is 6.31. The predicted octanol–water partition coefficient (Wildman–Crippen LogP) is 5.21. The third kappa shape index (κ3) is 4.05. The maximum atomic E-state index is 12.4. The Kier molecular flexibility index (Phi) is 5.00. The standard InChI is InChI=1S/C19H22ClNO2/c1-12-10-16(17(23-5)11-15(12)20)21-18(22)13-6-8-14(9-7-13)19(2,3)4/h6-11H,1-5H3,(H,21,22). The normalized spacial score (nSPS) is 11.2. The van der Waals surface area contributed by atoms with Gasteiger partial charge in [0.25, 0.3) is 5.91 Å². The van der Waals surface area contributed by atoms with E-state index in [2.05, 4.69) is 26.1 Å². The van der Waals surface area contributed by atoms with E-state index in [0.29, 0.717) is 22.0 Å². The van der Waals surface area contributed by atoms with Gasteiger partial charge in [0.1, 0.15) is 5.75 Å². The molecule has 2 aromatic rings. The zero-order chi connectivity index (χ0) is 17.2. The summed E-state index contributed by atoms with van der Waals surface area (Å²) in [5.41, 5.74) is 3.35. The molecule has 0 bridgehead atoms. The molecule has 1 amide bonds. The van der Waals surface area contributed by atoms with Crippen molar-refractivity contribution in [1.82, 2.24) is 0 Å². The molecule has 0 aliphatic heterocycles. The van der Waals surface area contributed by atoms with Crippen LogP contribution in [0.4, 0.5) is 5.69 Å². The molecule has 122 valence electrons. The molecule has 3 nitrogen and oxygen atoms in total. The van der Waals surface area contributed by atoms with Gasteiger partial charge in [-0.05, 0) is 41.7 Å². The van der Waals surface area contributed by atoms with Gasteiger partial charge in [-0.2, -0.15) is 0 Å². The molecule has 0 saturated heterocycles. The summed E-state index contributed by atoms with van der Waals surface area (Å²) in [6.07, 6.45) is 0. The first-order chi connectivity index (χ1) is 10.7. The summed E-state index contributed by atoms with van der Waals surface area (Å²) < 4.78 is 5.28. The number of ether oxygens (including phenoxy) is 1. The average Bonchev–Trinajstić information content (AvgIpc) is 2.50. The quantitative estimate of drug-likeness (QED) is 0.838. The maximum Gasteiger partial charge on any atom is 0.255 e. The van der Waals surface area contributed by atoms with Crippen LogP contribution in [0, 0.1) is 6.92 Å². The Balaban J connectivity index is 2.24. The van der Waals surface area contributed by atoms with Gasteiger partial charge in [-0.25, -0.2) is 0 Å². The number of methoxy groups -OCH3 is 1. The molecule has 0 unspecified atom stereocenters. The summed E-state index contributed by atoms with van der Waals surface area (Å²) >= 11 is 6.09. The van der Waals surface area contributed by atoms with E-state index < -0.39 is 0 Å². The molecule has 0 atom stereocenters. The fraction of sp³-hybridized carbons (Fsp3) is 0.316. The molecular formula is C19H22ClNO2. The topological polar surface area (TPSA) is 38.3 Å². The zero-order valence-corrected chi connectivity index (χ0v) is 14.9. The van der Waals surface area contributed by atoms with Gasteiger partial charge in [0, 0.05) is 16.7 Å². The van der Waals surface area contributed by atoms with Crippen molar-refractivity contribution in [2.24, 2.45) is 0 Å². The molecule has 0 aromatic heterocycles. The van der Waals surface area contributed by atoms with Crippen molar-refractivity contribution < 1.29 is 9.53 Å². The third-order valence-corrected chi connectivity index (χ3v) is 4.15. The number of halogens is 1. The maximum absolute atomic E-state index is 12.4. The first-order valence-electron chi connectivity index (χ1n) is 7.48. The smallest absolute Gasteiger partial charge is 0.255 e. The van der Waals surface area contributed by atoms with E-state index in [4.69, 9.17) is 16.3 Å². The summed E-state index contributed by atoms with van der Waals surface area (Å²) in [5.74, 6) is 0.366. The Morgan fingerprint density at radius 3 is 2.26 bits per heavy atom. The van der Waals surface area contributed by atoms with Crippen molar-refractivity contribution in [2.45, 2.75) is 33.1 Å². The van der Waals surface area contributed by atoms with Gasteiger partial charge in [0.2, 0.25) is 0 Å². The van der Waals surface area contributed by atoms with Crippen LogP contribution in [0.5, 0.6) is 5.75 Å². The predicted molar refractivity (Wildman–Crippen MR) is 95.8 cm³/mol. The number of carbonyl (C=O) groups excluding carboxylic acids is 1. The number of nitrogens with one attached hydrogen (secondary N) is 1. The first-order valence-corrected chi connectivity index (χ1v) is 7.86. The molecular weight excluding hydrogens is 310 g/mol. The van der Waals surface area contributed by atoms with E-state index >= 15 is 0 Å². The molecule has 0 saturated carbocycles. The number of benzene rings is 2. The van der Waals surface area contributed by atoms with E-state index in [-0.39, 0.29) is 11.3 Å². The van der Waals surface area contributed by atoms with Gasteiger partial charge < -0.3 is 10.1 Å². The molecule has 0 aliphatic carbocycles. The number of hydrogen-bond acceptors (Lipinski definition) is 2. The summed E-state index contributed by atoms with van der Waals surface area (Å²) in [7, 11) is 1.55. The highest BCUT2D eigenvalue weighted by Gasteiger charge is 2.15. The Bertz CT molecular complexity index is 715. The highest BCUT2D eigenvalue weighted by atomic mass is 35.5. The number of anilines is 1. The molecule has 0 fully saturated rings. The Morgan fingerprint density at radius 1 is 1.13 bits per heavy atom. The lowest BCUT2D eigenvalue weighted by atomic mass is 9.87. The Hall–Kier alpha value is -2.00. The second-order valence-electron chi connectivity index (χ2n) is 6.58. The lowest BCUT2D eigenvalue weighted by molar-refractivity contribution is 0.102. The summed E-state index contributed by atoms with van der Waals surface area (Å²) in [6.45, 7) is 8.31. The van der Waals surface area contributed by atoms with Crippen molar-refractivity contribution in [2.75, 3.05) is 12.4 Å². The van der Waals surface area contributed by atoms with Gasteiger partial charge >= 0.3 is 0 Å². The molecule has 0 aliphatic rings. The molecule has 0 radical (unpaired) electrons. The van der Waals surface area contributed by atoms with Crippen molar-refractivity contribution in [3.63, 3.8) is 0 Å². The fourth-order valence-electron chi connectivity index (χ4n) is 2.25. The van der Waals surface area contributed by atoms with Gasteiger partial charge in [0.05, 0.1) is 12.8 Å². The van der Waals surface area contributed by atoms with E-state index in [1.807, 2.05) is 37.3 Å². The number of amides is 1. The first kappa shape index (κ1) is 17.4. The summed E-state index contributed by atoms with van der Waals surface area (Å²) in [5, 5.41) is 3.49. The lowest BCUT2D eigenvalue weighted by Gasteiger charge is -2.19. The highest BCUT2D eigenvalue weighted by Crippen LogP contribution is 2.31. The minimum Gasteiger partial charge on any atom is -0.495 e. The minimum absolute atomic E-state index is 0.0610. The monoisotopic (exact) mass is 331 g/mol. The molecule has 2 rings (SSSR count). The van der Waals surface area contributed by atoms with E-state index in [1.165, 1.54) is 5.56 Å². The van der Waals surface area contributed by atoms with Gasteiger partial charge in [-0.3, -0.25) is 4.79 Å². The van der Waals surface area contributed by atoms with Crippen LogP contribution in [0.1, 0.15) is 42.3 Å². The number of rotatable bonds is 3. The van der Waals surface area contributed by atoms with E-state index in [1.54, 1.807) is 13.2 Å². The second-order valence-corrected chi connectivity index (χ2v) is 6.99. The second kappa shape index (κ2) is 6.63. The van der Waals surface area contributed by atoms with Crippen molar-refractivity contribution in [1.29, 1.82) is 0 Å². The number of aryl methyl sites for hydroxylation is 1. The van der Waals surface area contributed by atoms with E-state index in [0.717, 1.165) is 5.56 Å². The van der Waals surface area contributed by atoms with Crippen LogP contribution >= 0.6 is 11.6 Å². The van der Waals surface area contributed by atoms with Gasteiger partial charge in [-0.1, -0.05) is 44.5 Å². The average molecular weight is 332 g/mol. The molecule has 23 heavy (non-hydrogen) atoms. The van der Waals surface area contributed by atoms with Gasteiger partial charge in [0.15, 0.2) is 0 Å². The van der Waals surface area contributed by atoms with Crippen LogP contribution in [-0.4, -0.2) is 13.0 Å². The largest absolute Gasteiger partial charge is 0.495 e. The fourth-order valence-corrected chi connectivity index (χ4v) is 2.40. The van der Waals surface area contributed by atoms with Crippen molar-refractivity contribution in [3.05, 3.63) is 58.1 Å². The minimum atomic E-state index is -0.175. The van der Waals surface area contributed by atoms with Crippen molar-refractivity contribution in [3.8, 4) is 5.75 Å². The van der Waals surface area contributed by atoms with Crippen LogP contribution in [-0.2, 0) is 5.41 Å². The molecule has 0 heterocycles. The lowest BCUT2D eigenvalue weighted by Crippen LogP contribution is -2.15. The zero-order valence-electron chi connectivity index (χ0n) is 14.2. The molecule has 1 N–H and O–H groups in total. The van der Waals surface area contributed by atoms with Crippen LogP contribution < -0.4 is 10.1 Å². The molecule has 2 aromatic carbocycles. The summed E-state index contributed by atoms with van der Waals surface area (Å²) in [4.78, 5) is 12.4. The van der Waals surface area contributed by atoms with Crippen molar-refractivity contribution >= 4 is 23.2 Å². The Labute approximate surface area is 142 Å². The number of carbonyl (C=O) groups is 1. The molecule has 4 heteroatoms. The summed E-state index contributed by atoms with van der Waals surface area (Å²) in [6, 6.07) is 11.2. The Morgan fingerprint density at radius 2 is 1.74 bits per heavy atom.